The van der Waals surface area contributed by atoms with E-state index < -0.39 is 9.05 Å². The molecule has 0 spiro atoms. The monoisotopic (exact) mass is 288 g/mol. The largest absolute Gasteiger partial charge is 0.379 e. The molecule has 0 atom stereocenters. The fourth-order valence-electron chi connectivity index (χ4n) is 0.947. The molecule has 0 aliphatic carbocycles. The minimum absolute atomic E-state index is 0.0994. The molecule has 5 nitrogen and oxygen atoms in total. The molecule has 0 aliphatic rings. The summed E-state index contributed by atoms with van der Waals surface area (Å²) in [7, 11) is 1.55. The molecule has 0 radical (unpaired) electrons. The first-order chi connectivity index (χ1) is 8.06. The summed E-state index contributed by atoms with van der Waals surface area (Å²) < 4.78 is 36.6. The van der Waals surface area contributed by atoms with E-state index in [9.17, 15) is 8.42 Å². The maximum Gasteiger partial charge on any atom is 0.234 e. The molecule has 0 N–H and O–H groups in total. The summed E-state index contributed by atoms with van der Waals surface area (Å²) in [6.07, 6.45) is 2.19. The van der Waals surface area contributed by atoms with Gasteiger partial charge in [0.05, 0.1) is 38.8 Å². The zero-order valence-corrected chi connectivity index (χ0v) is 11.8. The number of hydrogen-bond donors (Lipinski definition) is 0. The summed E-state index contributed by atoms with van der Waals surface area (Å²) in [5.41, 5.74) is 0. The van der Waals surface area contributed by atoms with E-state index >= 15 is 0 Å². The molecule has 0 unspecified atom stereocenters. The van der Waals surface area contributed by atoms with E-state index in [2.05, 4.69) is 6.92 Å². The van der Waals surface area contributed by atoms with Gasteiger partial charge in [0.1, 0.15) is 0 Å². The second kappa shape index (κ2) is 11.2. The van der Waals surface area contributed by atoms with Gasteiger partial charge in [-0.25, -0.2) is 8.42 Å². The first-order valence-electron chi connectivity index (χ1n) is 5.72. The van der Waals surface area contributed by atoms with Crippen LogP contribution in [0.2, 0.25) is 0 Å². The number of ether oxygens (including phenoxy) is 3. The number of halogens is 1. The van der Waals surface area contributed by atoms with Gasteiger partial charge in [0.2, 0.25) is 9.05 Å². The summed E-state index contributed by atoms with van der Waals surface area (Å²) in [6, 6.07) is 0. The molecular weight excluding hydrogens is 268 g/mol. The molecule has 7 heteroatoms. The normalized spacial score (nSPS) is 11.9. The highest BCUT2D eigenvalue weighted by Gasteiger charge is 2.03. The van der Waals surface area contributed by atoms with Crippen LogP contribution in [0.25, 0.3) is 0 Å². The van der Waals surface area contributed by atoms with Crippen LogP contribution in [0, 0.1) is 0 Å². The Kier molecular flexibility index (Phi) is 11.3. The van der Waals surface area contributed by atoms with Gasteiger partial charge in [0.25, 0.3) is 0 Å². The van der Waals surface area contributed by atoms with Crippen LogP contribution in [-0.2, 0) is 23.3 Å². The van der Waals surface area contributed by atoms with E-state index in [1.165, 1.54) is 0 Å². The lowest BCUT2D eigenvalue weighted by Crippen LogP contribution is -2.12. The number of hydrogen-bond acceptors (Lipinski definition) is 5. The van der Waals surface area contributed by atoms with Gasteiger partial charge in [-0.15, -0.1) is 0 Å². The van der Waals surface area contributed by atoms with Crippen molar-refractivity contribution in [2.45, 2.75) is 19.8 Å². The highest BCUT2D eigenvalue weighted by Crippen LogP contribution is 1.95. The van der Waals surface area contributed by atoms with Gasteiger partial charge < -0.3 is 14.2 Å². The molecule has 0 saturated heterocycles. The van der Waals surface area contributed by atoms with Crippen LogP contribution >= 0.6 is 10.7 Å². The van der Waals surface area contributed by atoms with Gasteiger partial charge in [-0.3, -0.25) is 0 Å². The van der Waals surface area contributed by atoms with Crippen LogP contribution in [0.1, 0.15) is 19.8 Å². The Hall–Kier alpha value is 0.120. The number of unbranched alkanes of at least 4 members (excludes halogenated alkanes) is 1. The first kappa shape index (κ1) is 17.1. The van der Waals surface area contributed by atoms with E-state index in [0.29, 0.717) is 26.4 Å². The standard InChI is InChI=1S/C10H21ClO5S/c1-2-3-4-14-5-6-15-7-8-16-9-10-17(11,12)13/h2-10H2,1H3. The van der Waals surface area contributed by atoms with Crippen molar-refractivity contribution in [3.05, 3.63) is 0 Å². The van der Waals surface area contributed by atoms with Crippen LogP contribution in [0.15, 0.2) is 0 Å². The quantitative estimate of drug-likeness (QED) is 0.401. The predicted octanol–water partition coefficient (Wildman–Crippen LogP) is 1.40. The van der Waals surface area contributed by atoms with Gasteiger partial charge in [-0.2, -0.15) is 0 Å². The molecule has 0 aliphatic heterocycles. The van der Waals surface area contributed by atoms with Crippen molar-refractivity contribution < 1.29 is 22.6 Å². The average molecular weight is 289 g/mol. The van der Waals surface area contributed by atoms with E-state index in [0.717, 1.165) is 19.4 Å². The molecule has 0 heterocycles. The van der Waals surface area contributed by atoms with Crippen molar-refractivity contribution in [1.29, 1.82) is 0 Å². The van der Waals surface area contributed by atoms with Crippen molar-refractivity contribution in [3.8, 4) is 0 Å². The van der Waals surface area contributed by atoms with E-state index in [1.54, 1.807) is 0 Å². The van der Waals surface area contributed by atoms with Gasteiger partial charge in [0, 0.05) is 17.3 Å². The maximum absolute atomic E-state index is 10.5. The molecule has 0 bridgehead atoms. The van der Waals surface area contributed by atoms with Gasteiger partial charge in [0.15, 0.2) is 0 Å². The van der Waals surface area contributed by atoms with Crippen molar-refractivity contribution in [3.63, 3.8) is 0 Å². The molecule has 0 saturated carbocycles. The molecule has 0 aromatic heterocycles. The van der Waals surface area contributed by atoms with Gasteiger partial charge in [-0.05, 0) is 6.42 Å². The van der Waals surface area contributed by atoms with Gasteiger partial charge >= 0.3 is 0 Å². The van der Waals surface area contributed by atoms with E-state index in [-0.39, 0.29) is 12.4 Å². The van der Waals surface area contributed by atoms with Crippen molar-refractivity contribution >= 4 is 19.7 Å². The lowest BCUT2D eigenvalue weighted by Gasteiger charge is -2.05. The van der Waals surface area contributed by atoms with Gasteiger partial charge in [-0.1, -0.05) is 13.3 Å². The fourth-order valence-corrected chi connectivity index (χ4v) is 1.45. The van der Waals surface area contributed by atoms with Crippen molar-refractivity contribution in [2.24, 2.45) is 0 Å². The summed E-state index contributed by atoms with van der Waals surface area (Å²) in [4.78, 5) is 0. The summed E-state index contributed by atoms with van der Waals surface area (Å²) in [5, 5.41) is 0. The zero-order valence-electron chi connectivity index (χ0n) is 10.2. The number of rotatable bonds is 12. The molecule has 0 amide bonds. The molecule has 0 fully saturated rings. The highest BCUT2D eigenvalue weighted by atomic mass is 35.7. The van der Waals surface area contributed by atoms with Crippen molar-refractivity contribution in [1.82, 2.24) is 0 Å². The summed E-state index contributed by atoms with van der Waals surface area (Å²) in [5.74, 6) is -0.172. The minimum Gasteiger partial charge on any atom is -0.379 e. The molecule has 0 aromatic rings. The Labute approximate surface area is 108 Å². The summed E-state index contributed by atoms with van der Waals surface area (Å²) in [6.45, 7) is 4.88. The van der Waals surface area contributed by atoms with E-state index in [4.69, 9.17) is 24.9 Å². The third kappa shape index (κ3) is 16.1. The molecule has 0 rings (SSSR count). The summed E-state index contributed by atoms with van der Waals surface area (Å²) >= 11 is 0. The third-order valence-corrected chi connectivity index (χ3v) is 2.97. The topological polar surface area (TPSA) is 61.8 Å². The Morgan fingerprint density at radius 3 is 1.82 bits per heavy atom. The second-order valence-corrected chi connectivity index (χ2v) is 6.33. The first-order valence-corrected chi connectivity index (χ1v) is 8.19. The lowest BCUT2D eigenvalue weighted by atomic mass is 10.4. The molecule has 0 aromatic carbocycles. The van der Waals surface area contributed by atoms with Crippen LogP contribution in [0.4, 0.5) is 0 Å². The fraction of sp³-hybridized carbons (Fsp3) is 1.00. The second-order valence-electron chi connectivity index (χ2n) is 3.43. The molecular formula is C10H21ClO5S. The molecule has 104 valence electrons. The Balaban J connectivity index is 3.04. The Morgan fingerprint density at radius 1 is 0.882 bits per heavy atom. The average Bonchev–Trinajstić information content (AvgIpc) is 2.24. The predicted molar refractivity (Wildman–Crippen MR) is 67.0 cm³/mol. The smallest absolute Gasteiger partial charge is 0.234 e. The third-order valence-electron chi connectivity index (χ3n) is 1.86. The zero-order chi connectivity index (χ0) is 13.0. The minimum atomic E-state index is -3.45. The highest BCUT2D eigenvalue weighted by molar-refractivity contribution is 8.13. The van der Waals surface area contributed by atoms with Crippen molar-refractivity contribution in [2.75, 3.05) is 45.4 Å². The Morgan fingerprint density at radius 2 is 1.35 bits per heavy atom. The Bertz CT molecular complexity index is 255. The van der Waals surface area contributed by atoms with Crippen LogP contribution in [-0.4, -0.2) is 53.8 Å². The lowest BCUT2D eigenvalue weighted by molar-refractivity contribution is 0.0168. The van der Waals surface area contributed by atoms with E-state index in [1.807, 2.05) is 0 Å². The van der Waals surface area contributed by atoms with Crippen LogP contribution in [0.3, 0.4) is 0 Å². The maximum atomic E-state index is 10.5. The SMILES string of the molecule is CCCCOCCOCCOCCS(=O)(=O)Cl. The van der Waals surface area contributed by atoms with Crippen LogP contribution < -0.4 is 0 Å². The van der Waals surface area contributed by atoms with Crippen LogP contribution in [0.5, 0.6) is 0 Å². The molecule has 17 heavy (non-hydrogen) atoms.